The summed E-state index contributed by atoms with van der Waals surface area (Å²) in [6, 6.07) is 9.06. The smallest absolute Gasteiger partial charge is 0.283 e. The van der Waals surface area contributed by atoms with Crippen LogP contribution in [0.1, 0.15) is 29.8 Å². The summed E-state index contributed by atoms with van der Waals surface area (Å²) in [5.41, 5.74) is 6.29. The van der Waals surface area contributed by atoms with Gasteiger partial charge in [0.2, 0.25) is 0 Å². The van der Waals surface area contributed by atoms with Crippen molar-refractivity contribution in [2.24, 2.45) is 16.1 Å². The second kappa shape index (κ2) is 5.93. The number of nitrogens with one attached hydrogen (secondary N) is 1. The summed E-state index contributed by atoms with van der Waals surface area (Å²) < 4.78 is 17.6. The van der Waals surface area contributed by atoms with E-state index in [9.17, 15) is 4.79 Å². The molecule has 3 aliphatic heterocycles. The van der Waals surface area contributed by atoms with Gasteiger partial charge in [0, 0.05) is 29.2 Å². The van der Waals surface area contributed by atoms with Crippen molar-refractivity contribution in [3.63, 3.8) is 0 Å². The molecule has 2 spiro atoms. The van der Waals surface area contributed by atoms with Crippen LogP contribution >= 0.6 is 0 Å². The number of aromatic nitrogens is 1. The van der Waals surface area contributed by atoms with Crippen molar-refractivity contribution in [1.29, 1.82) is 0 Å². The predicted molar refractivity (Wildman–Crippen MR) is 106 cm³/mol. The molecule has 1 aromatic heterocycles. The first-order chi connectivity index (χ1) is 13.9. The third kappa shape index (κ3) is 2.38. The van der Waals surface area contributed by atoms with E-state index in [0.29, 0.717) is 36.8 Å². The van der Waals surface area contributed by atoms with Gasteiger partial charge in [0.1, 0.15) is 23.5 Å². The quantitative estimate of drug-likeness (QED) is 0.807. The number of hydrogen-bond donors (Lipinski definition) is 2. The van der Waals surface area contributed by atoms with Crippen molar-refractivity contribution >= 4 is 17.6 Å². The number of anilines is 1. The average Bonchev–Trinajstić information content (AvgIpc) is 3.03. The molecular formula is C21H22N4O4. The monoisotopic (exact) mass is 394 g/mol. The Labute approximate surface area is 168 Å². The van der Waals surface area contributed by atoms with E-state index in [1.54, 1.807) is 24.5 Å². The fourth-order valence-electron chi connectivity index (χ4n) is 4.56. The molecule has 3 N–H and O–H groups in total. The lowest BCUT2D eigenvalue weighted by atomic mass is 9.55. The van der Waals surface area contributed by atoms with Gasteiger partial charge in [-0.05, 0) is 44.2 Å². The summed E-state index contributed by atoms with van der Waals surface area (Å²) in [6.07, 6.45) is 3.17. The highest BCUT2D eigenvalue weighted by Crippen LogP contribution is 2.62. The lowest BCUT2D eigenvalue weighted by Crippen LogP contribution is -2.71. The van der Waals surface area contributed by atoms with Crippen LogP contribution in [0.25, 0.3) is 0 Å². The highest BCUT2D eigenvalue weighted by molar-refractivity contribution is 6.04. The Morgan fingerprint density at radius 2 is 1.90 bits per heavy atom. The lowest BCUT2D eigenvalue weighted by molar-refractivity contribution is -0.247. The van der Waals surface area contributed by atoms with Crippen LogP contribution in [0.2, 0.25) is 0 Å². The van der Waals surface area contributed by atoms with E-state index in [4.69, 9.17) is 24.9 Å². The minimum Gasteiger partial charge on any atom is -0.487 e. The molecule has 8 heteroatoms. The van der Waals surface area contributed by atoms with Crippen molar-refractivity contribution < 1.29 is 19.0 Å². The number of ether oxygens (including phenoxy) is 3. The van der Waals surface area contributed by atoms with E-state index in [1.165, 1.54) is 0 Å². The lowest BCUT2D eigenvalue weighted by Gasteiger charge is -2.61. The molecule has 1 aromatic carbocycles. The van der Waals surface area contributed by atoms with Crippen molar-refractivity contribution in [3.05, 3.63) is 53.9 Å². The van der Waals surface area contributed by atoms with E-state index in [1.807, 2.05) is 32.0 Å². The molecule has 1 fully saturated rings. The van der Waals surface area contributed by atoms with Crippen LogP contribution in [-0.2, 0) is 15.0 Å². The normalized spacial score (nSPS) is 25.4. The minimum atomic E-state index is -0.732. The first-order valence-electron chi connectivity index (χ1n) is 9.48. The number of pyridine rings is 1. The number of aliphatic imine (C=N–C) groups is 1. The van der Waals surface area contributed by atoms with Crippen LogP contribution in [0.5, 0.6) is 5.75 Å². The molecule has 150 valence electrons. The highest BCUT2D eigenvalue weighted by Gasteiger charge is 2.71. The molecule has 0 radical (unpaired) electrons. The number of nitrogens with zero attached hydrogens (tertiary/aromatic N) is 2. The van der Waals surface area contributed by atoms with Crippen LogP contribution in [0.3, 0.4) is 0 Å². The zero-order chi connectivity index (χ0) is 20.3. The Kier molecular flexibility index (Phi) is 3.67. The number of amidine groups is 1. The van der Waals surface area contributed by atoms with Gasteiger partial charge < -0.3 is 25.3 Å². The zero-order valence-electron chi connectivity index (χ0n) is 16.3. The molecule has 1 atom stereocenters. The summed E-state index contributed by atoms with van der Waals surface area (Å²) >= 11 is 0. The molecule has 2 aromatic rings. The summed E-state index contributed by atoms with van der Waals surface area (Å²) in [4.78, 5) is 21.3. The largest absolute Gasteiger partial charge is 0.487 e. The van der Waals surface area contributed by atoms with E-state index >= 15 is 0 Å². The van der Waals surface area contributed by atoms with Crippen molar-refractivity contribution in [1.82, 2.24) is 4.98 Å². The van der Waals surface area contributed by atoms with Crippen LogP contribution in [-0.4, -0.2) is 42.3 Å². The van der Waals surface area contributed by atoms with Gasteiger partial charge in [-0.3, -0.25) is 9.78 Å². The molecule has 0 saturated carbocycles. The maximum Gasteiger partial charge on any atom is 0.283 e. The standard InChI is InChI=1S/C21H22N4O4/c1-19(2)20(10-27-11-20)21(12-28-18(22)25-21)15-9-14(3-4-16(15)29-19)24-17(26)13-5-7-23-8-6-13/h3-9H,10-12H2,1-2H3,(H2,22,25)(H,24,26). The number of carbonyl (C=O) groups is 1. The number of benzene rings is 1. The molecule has 4 heterocycles. The van der Waals surface area contributed by atoms with E-state index < -0.39 is 16.6 Å². The number of hydrogen-bond acceptors (Lipinski definition) is 7. The van der Waals surface area contributed by atoms with Crippen LogP contribution in [0.15, 0.2) is 47.7 Å². The van der Waals surface area contributed by atoms with Crippen molar-refractivity contribution in [2.45, 2.75) is 25.0 Å². The van der Waals surface area contributed by atoms with Crippen molar-refractivity contribution in [2.75, 3.05) is 25.1 Å². The zero-order valence-corrected chi connectivity index (χ0v) is 16.3. The molecule has 5 rings (SSSR count). The van der Waals surface area contributed by atoms with Gasteiger partial charge in [-0.1, -0.05) is 0 Å². The summed E-state index contributed by atoms with van der Waals surface area (Å²) in [5.74, 6) is 0.488. The molecular weight excluding hydrogens is 372 g/mol. The molecule has 1 amide bonds. The fourth-order valence-corrected chi connectivity index (χ4v) is 4.56. The Morgan fingerprint density at radius 1 is 1.14 bits per heavy atom. The average molecular weight is 394 g/mol. The van der Waals surface area contributed by atoms with Crippen LogP contribution < -0.4 is 15.8 Å². The molecule has 0 bridgehead atoms. The minimum absolute atomic E-state index is 0.158. The summed E-state index contributed by atoms with van der Waals surface area (Å²) in [6.45, 7) is 5.39. The molecule has 1 unspecified atom stereocenters. The third-order valence-electron chi connectivity index (χ3n) is 6.36. The number of amides is 1. The Balaban J connectivity index is 1.59. The first-order valence-corrected chi connectivity index (χ1v) is 9.48. The number of rotatable bonds is 2. The molecule has 0 aliphatic carbocycles. The Bertz CT molecular complexity index is 1020. The molecule has 29 heavy (non-hydrogen) atoms. The van der Waals surface area contributed by atoms with Gasteiger partial charge in [0.25, 0.3) is 11.9 Å². The van der Waals surface area contributed by atoms with Gasteiger partial charge in [-0.2, -0.15) is 0 Å². The maximum absolute atomic E-state index is 12.6. The number of carbonyl (C=O) groups excluding carboxylic acids is 1. The van der Waals surface area contributed by atoms with E-state index in [2.05, 4.69) is 10.3 Å². The predicted octanol–water partition coefficient (Wildman–Crippen LogP) is 2.06. The molecule has 3 aliphatic rings. The third-order valence-corrected chi connectivity index (χ3v) is 6.36. The fraction of sp³-hybridized carbons (Fsp3) is 0.381. The summed E-state index contributed by atoms with van der Waals surface area (Å²) in [7, 11) is 0. The SMILES string of the molecule is CC1(C)Oc2ccc(NC(=O)c3ccncc3)cc2C2(COC(N)=N2)C12COC2. The highest BCUT2D eigenvalue weighted by atomic mass is 16.5. The van der Waals surface area contributed by atoms with Crippen molar-refractivity contribution in [3.8, 4) is 5.75 Å². The van der Waals surface area contributed by atoms with Gasteiger partial charge >= 0.3 is 0 Å². The van der Waals surface area contributed by atoms with Gasteiger partial charge in [0.05, 0.1) is 18.6 Å². The molecule has 8 nitrogen and oxygen atoms in total. The topological polar surface area (TPSA) is 108 Å². The second-order valence-corrected chi connectivity index (χ2v) is 8.19. The van der Waals surface area contributed by atoms with Gasteiger partial charge in [-0.15, -0.1) is 0 Å². The summed E-state index contributed by atoms with van der Waals surface area (Å²) in [5, 5.41) is 2.94. The number of nitrogens with two attached hydrogens (primary N) is 1. The van der Waals surface area contributed by atoms with Gasteiger partial charge in [-0.25, -0.2) is 4.99 Å². The Morgan fingerprint density at radius 3 is 2.52 bits per heavy atom. The van der Waals surface area contributed by atoms with Crippen LogP contribution in [0.4, 0.5) is 5.69 Å². The van der Waals surface area contributed by atoms with E-state index in [-0.39, 0.29) is 11.9 Å². The van der Waals surface area contributed by atoms with E-state index in [0.717, 1.165) is 5.56 Å². The first kappa shape index (κ1) is 17.9. The van der Waals surface area contributed by atoms with Gasteiger partial charge in [0.15, 0.2) is 0 Å². The van der Waals surface area contributed by atoms with Crippen LogP contribution in [0, 0.1) is 5.41 Å². The second-order valence-electron chi connectivity index (χ2n) is 8.19. The number of fused-ring (bicyclic) bond motifs is 3. The molecule has 1 saturated heterocycles. The maximum atomic E-state index is 12.6. The Hall–Kier alpha value is -3.13.